The quantitative estimate of drug-likeness (QED) is 0.601. The third kappa shape index (κ3) is 4.83. The van der Waals surface area contributed by atoms with Crippen LogP contribution in [0.25, 0.3) is 10.8 Å². The first kappa shape index (κ1) is 20.6. The average Bonchev–Trinajstić information content (AvgIpc) is 2.71. The van der Waals surface area contributed by atoms with E-state index in [1.54, 1.807) is 13.0 Å². The van der Waals surface area contributed by atoms with E-state index in [9.17, 15) is 9.59 Å². The number of nitrogens with one attached hydrogen (secondary N) is 1. The molecule has 150 valence electrons. The van der Waals surface area contributed by atoms with Gasteiger partial charge in [-0.1, -0.05) is 75.4 Å². The molecule has 3 aromatic carbocycles. The highest BCUT2D eigenvalue weighted by Crippen LogP contribution is 2.31. The Labute approximate surface area is 171 Å². The van der Waals surface area contributed by atoms with Gasteiger partial charge in [-0.2, -0.15) is 0 Å². The number of hydrogen-bond donors (Lipinski definition) is 1. The van der Waals surface area contributed by atoms with Crippen LogP contribution in [0.3, 0.4) is 0 Å². The first-order valence-electron chi connectivity index (χ1n) is 9.79. The van der Waals surface area contributed by atoms with Gasteiger partial charge in [-0.05, 0) is 34.9 Å². The smallest absolute Gasteiger partial charge is 0.255 e. The average molecular weight is 389 g/mol. The van der Waals surface area contributed by atoms with E-state index in [1.165, 1.54) is 5.56 Å². The van der Waals surface area contributed by atoms with E-state index < -0.39 is 6.04 Å². The molecule has 0 bridgehead atoms. The lowest BCUT2D eigenvalue weighted by molar-refractivity contribution is -0.109. The van der Waals surface area contributed by atoms with Gasteiger partial charge in [0.1, 0.15) is 18.6 Å². The molecular formula is C25H27NO3. The van der Waals surface area contributed by atoms with Crippen LogP contribution in [0, 0.1) is 0 Å². The lowest BCUT2D eigenvalue weighted by Crippen LogP contribution is -2.33. The predicted octanol–water partition coefficient (Wildman–Crippen LogP) is 5.03. The maximum absolute atomic E-state index is 12.7. The normalized spacial score (nSPS) is 12.4. The molecule has 0 aliphatic rings. The van der Waals surface area contributed by atoms with Gasteiger partial charge in [0.15, 0.2) is 0 Å². The fourth-order valence-corrected chi connectivity index (χ4v) is 3.15. The fraction of sp³-hybridized carbons (Fsp3) is 0.280. The van der Waals surface area contributed by atoms with Crippen molar-refractivity contribution < 1.29 is 14.3 Å². The van der Waals surface area contributed by atoms with E-state index in [2.05, 4.69) is 50.4 Å². The van der Waals surface area contributed by atoms with E-state index in [0.29, 0.717) is 24.2 Å². The monoisotopic (exact) mass is 389 g/mol. The molecule has 1 unspecified atom stereocenters. The summed E-state index contributed by atoms with van der Waals surface area (Å²) in [6.07, 6.45) is 0.705. The Bertz CT molecular complexity index is 1020. The zero-order chi connectivity index (χ0) is 21.0. The van der Waals surface area contributed by atoms with Gasteiger partial charge in [0.2, 0.25) is 0 Å². The molecule has 4 heteroatoms. The molecule has 0 saturated heterocycles. The molecule has 1 amide bonds. The van der Waals surface area contributed by atoms with Crippen LogP contribution in [0.2, 0.25) is 0 Å². The number of amides is 1. The number of carbonyl (C=O) groups excluding carboxylic acids is 2. The highest BCUT2D eigenvalue weighted by molar-refractivity contribution is 6.04. The largest absolute Gasteiger partial charge is 0.487 e. The Balaban J connectivity index is 1.91. The summed E-state index contributed by atoms with van der Waals surface area (Å²) in [5, 5.41) is 4.54. The van der Waals surface area contributed by atoms with Crippen LogP contribution >= 0.6 is 0 Å². The minimum absolute atomic E-state index is 0.0928. The summed E-state index contributed by atoms with van der Waals surface area (Å²) in [7, 11) is 0. The second-order valence-corrected chi connectivity index (χ2v) is 8.30. The SMILES string of the molecule is CC(C=O)NC(=O)c1ccc2ccccc2c1OCc1ccc(C(C)(C)C)cc1. The van der Waals surface area contributed by atoms with Crippen LogP contribution < -0.4 is 10.1 Å². The third-order valence-electron chi connectivity index (χ3n) is 4.89. The van der Waals surface area contributed by atoms with Gasteiger partial charge in [-0.15, -0.1) is 0 Å². The molecular weight excluding hydrogens is 362 g/mol. The van der Waals surface area contributed by atoms with Crippen LogP contribution in [0.5, 0.6) is 5.75 Å². The van der Waals surface area contributed by atoms with Crippen molar-refractivity contribution in [3.05, 3.63) is 77.4 Å². The molecule has 0 aliphatic carbocycles. The number of fused-ring (bicyclic) bond motifs is 1. The molecule has 0 radical (unpaired) electrons. The molecule has 4 nitrogen and oxygen atoms in total. The third-order valence-corrected chi connectivity index (χ3v) is 4.89. The van der Waals surface area contributed by atoms with Crippen molar-refractivity contribution >= 4 is 23.0 Å². The van der Waals surface area contributed by atoms with Gasteiger partial charge in [-0.25, -0.2) is 0 Å². The summed E-state index contributed by atoms with van der Waals surface area (Å²) in [6, 6.07) is 19.2. The summed E-state index contributed by atoms with van der Waals surface area (Å²) >= 11 is 0. The molecule has 0 heterocycles. The van der Waals surface area contributed by atoms with Crippen molar-refractivity contribution in [1.82, 2.24) is 5.32 Å². The Morgan fingerprint density at radius 1 is 1.03 bits per heavy atom. The van der Waals surface area contributed by atoms with Gasteiger partial charge in [0, 0.05) is 5.39 Å². The highest BCUT2D eigenvalue weighted by atomic mass is 16.5. The molecule has 29 heavy (non-hydrogen) atoms. The van der Waals surface area contributed by atoms with Crippen molar-refractivity contribution in [2.75, 3.05) is 0 Å². The van der Waals surface area contributed by atoms with E-state index >= 15 is 0 Å². The molecule has 3 aromatic rings. The Kier molecular flexibility index (Phi) is 6.02. The van der Waals surface area contributed by atoms with Crippen LogP contribution in [0.15, 0.2) is 60.7 Å². The summed E-state index contributed by atoms with van der Waals surface area (Å²) in [6.45, 7) is 8.53. The molecule has 1 atom stereocenters. The minimum Gasteiger partial charge on any atom is -0.487 e. The van der Waals surface area contributed by atoms with Gasteiger partial charge in [0.25, 0.3) is 5.91 Å². The number of carbonyl (C=O) groups is 2. The first-order chi connectivity index (χ1) is 13.8. The summed E-state index contributed by atoms with van der Waals surface area (Å²) in [5.41, 5.74) is 2.80. The van der Waals surface area contributed by atoms with Crippen molar-refractivity contribution in [1.29, 1.82) is 0 Å². The van der Waals surface area contributed by atoms with Gasteiger partial charge in [-0.3, -0.25) is 4.79 Å². The van der Waals surface area contributed by atoms with E-state index in [0.717, 1.165) is 16.3 Å². The molecule has 0 fully saturated rings. The topological polar surface area (TPSA) is 55.4 Å². The first-order valence-corrected chi connectivity index (χ1v) is 9.79. The highest BCUT2D eigenvalue weighted by Gasteiger charge is 2.18. The lowest BCUT2D eigenvalue weighted by Gasteiger charge is -2.19. The minimum atomic E-state index is -0.563. The van der Waals surface area contributed by atoms with E-state index in [1.807, 2.05) is 30.3 Å². The van der Waals surface area contributed by atoms with Crippen molar-refractivity contribution in [3.8, 4) is 5.75 Å². The van der Waals surface area contributed by atoms with Crippen LogP contribution in [-0.4, -0.2) is 18.2 Å². The van der Waals surface area contributed by atoms with Crippen molar-refractivity contribution in [2.45, 2.75) is 45.8 Å². The van der Waals surface area contributed by atoms with E-state index in [4.69, 9.17) is 4.74 Å². The van der Waals surface area contributed by atoms with E-state index in [-0.39, 0.29) is 11.3 Å². The molecule has 0 aromatic heterocycles. The molecule has 1 N–H and O–H groups in total. The molecule has 3 rings (SSSR count). The molecule has 0 saturated carbocycles. The second-order valence-electron chi connectivity index (χ2n) is 8.30. The van der Waals surface area contributed by atoms with Crippen molar-refractivity contribution in [3.63, 3.8) is 0 Å². The molecule has 0 aliphatic heterocycles. The van der Waals surface area contributed by atoms with Gasteiger partial charge < -0.3 is 14.8 Å². The van der Waals surface area contributed by atoms with Crippen LogP contribution in [0.4, 0.5) is 0 Å². The van der Waals surface area contributed by atoms with Gasteiger partial charge >= 0.3 is 0 Å². The maximum Gasteiger partial charge on any atom is 0.255 e. The van der Waals surface area contributed by atoms with Gasteiger partial charge in [0.05, 0.1) is 11.6 Å². The maximum atomic E-state index is 12.7. The number of ether oxygens (including phenoxy) is 1. The Morgan fingerprint density at radius 2 is 1.72 bits per heavy atom. The Morgan fingerprint density at radius 3 is 2.38 bits per heavy atom. The lowest BCUT2D eigenvalue weighted by atomic mass is 9.87. The number of hydrogen-bond acceptors (Lipinski definition) is 3. The zero-order valence-electron chi connectivity index (χ0n) is 17.4. The van der Waals surface area contributed by atoms with Crippen molar-refractivity contribution in [2.24, 2.45) is 0 Å². The fourth-order valence-electron chi connectivity index (χ4n) is 3.15. The summed E-state index contributed by atoms with van der Waals surface area (Å²) in [5.74, 6) is 0.201. The predicted molar refractivity (Wildman–Crippen MR) is 116 cm³/mol. The Hall–Kier alpha value is -3.14. The number of rotatable bonds is 6. The standard InChI is InChI=1S/C25H27NO3/c1-17(15-27)26-24(28)22-14-11-19-7-5-6-8-21(19)23(22)29-16-18-9-12-20(13-10-18)25(2,3)4/h5-15,17H,16H2,1-4H3,(H,26,28). The molecule has 0 spiro atoms. The summed E-state index contributed by atoms with van der Waals surface area (Å²) < 4.78 is 6.15. The van der Waals surface area contributed by atoms with Crippen LogP contribution in [0.1, 0.15) is 49.2 Å². The number of benzene rings is 3. The second kappa shape index (κ2) is 8.48. The number of aldehydes is 1. The summed E-state index contributed by atoms with van der Waals surface area (Å²) in [4.78, 5) is 23.6. The van der Waals surface area contributed by atoms with Crippen LogP contribution in [-0.2, 0) is 16.8 Å². The zero-order valence-corrected chi connectivity index (χ0v) is 17.4.